The Kier molecular flexibility index (Phi) is 10.2. The first-order chi connectivity index (χ1) is 30.3. The third-order valence-corrected chi connectivity index (χ3v) is 10.7. The molecule has 0 fully saturated rings. The molecule has 12 N–H and O–H groups in total. The predicted octanol–water partition coefficient (Wildman–Crippen LogP) is 4.48. The molecule has 6 aromatic carbocycles. The number of ether oxygens (including phenoxy) is 5. The number of esters is 2. The van der Waals surface area contributed by atoms with Crippen LogP contribution in [0.2, 0.25) is 0 Å². The Labute approximate surface area is 357 Å². The first kappa shape index (κ1) is 41.9. The molecule has 0 amide bonds. The molecule has 8 rings (SSSR count). The van der Waals surface area contributed by atoms with E-state index < -0.39 is 128 Å². The number of phenolic OH excluding ortho intramolecular Hbond substituents is 11. The number of carbonyl (C=O) groups excluding carboxylic acids is 2. The second-order valence-electron chi connectivity index (χ2n) is 14.8. The van der Waals surface area contributed by atoms with E-state index in [-0.39, 0.29) is 56.9 Å². The molecule has 0 saturated heterocycles. The highest BCUT2D eigenvalue weighted by atomic mass is 16.6. The van der Waals surface area contributed by atoms with Gasteiger partial charge in [0.05, 0.1) is 23.6 Å². The van der Waals surface area contributed by atoms with Crippen LogP contribution in [0.25, 0.3) is 10.8 Å². The molecule has 2 aliphatic rings. The van der Waals surface area contributed by atoms with Crippen molar-refractivity contribution in [1.82, 2.24) is 0 Å². The number of carbonyl (C=O) groups is 2. The zero-order valence-corrected chi connectivity index (χ0v) is 32.7. The monoisotopic (exact) mass is 882 g/mol. The van der Waals surface area contributed by atoms with E-state index >= 15 is 0 Å². The van der Waals surface area contributed by atoms with E-state index in [4.69, 9.17) is 23.7 Å². The van der Waals surface area contributed by atoms with Gasteiger partial charge in [0.1, 0.15) is 46.7 Å². The summed E-state index contributed by atoms with van der Waals surface area (Å²) in [7, 11) is 1.16. The highest BCUT2D eigenvalue weighted by molar-refractivity contribution is 5.95. The normalized spacial score (nSPS) is 17.6. The summed E-state index contributed by atoms with van der Waals surface area (Å²) in [6.07, 6.45) is -7.02. The average Bonchev–Trinajstić information content (AvgIpc) is 3.37. The van der Waals surface area contributed by atoms with Crippen LogP contribution in [-0.2, 0) is 22.3 Å². The van der Waals surface area contributed by atoms with Gasteiger partial charge in [-0.2, -0.15) is 0 Å². The molecule has 2 aliphatic heterocycles. The van der Waals surface area contributed by atoms with Gasteiger partial charge in [-0.15, -0.1) is 0 Å². The fraction of sp³-hybridized carbons (Fsp3) is 0.159. The first-order valence-corrected chi connectivity index (χ1v) is 18.8. The molecule has 0 spiro atoms. The Morgan fingerprint density at radius 2 is 1.02 bits per heavy atom. The van der Waals surface area contributed by atoms with Crippen molar-refractivity contribution in [3.63, 3.8) is 0 Å². The largest absolute Gasteiger partial charge is 0.508 e. The Bertz CT molecular complexity index is 2990. The lowest BCUT2D eigenvalue weighted by Gasteiger charge is -2.35. The van der Waals surface area contributed by atoms with Gasteiger partial charge in [0.2, 0.25) is 11.2 Å². The molecule has 0 aliphatic carbocycles. The van der Waals surface area contributed by atoms with Gasteiger partial charge in [-0.05, 0) is 47.9 Å². The lowest BCUT2D eigenvalue weighted by atomic mass is 9.89. The summed E-state index contributed by atoms with van der Waals surface area (Å²) in [5.74, 6) is -12.0. The molecule has 0 radical (unpaired) electrons. The zero-order chi connectivity index (χ0) is 46.0. The molecule has 330 valence electrons. The van der Waals surface area contributed by atoms with Crippen molar-refractivity contribution in [2.75, 3.05) is 7.11 Å². The fourth-order valence-corrected chi connectivity index (χ4v) is 7.69. The van der Waals surface area contributed by atoms with Crippen LogP contribution in [-0.4, -0.2) is 92.5 Å². The lowest BCUT2D eigenvalue weighted by molar-refractivity contribution is -0.0194. The van der Waals surface area contributed by atoms with E-state index in [1.807, 2.05) is 0 Å². The zero-order valence-electron chi connectivity index (χ0n) is 32.7. The predicted molar refractivity (Wildman–Crippen MR) is 215 cm³/mol. The quantitative estimate of drug-likeness (QED) is 0.0776. The van der Waals surface area contributed by atoms with Crippen molar-refractivity contribution in [3.05, 3.63) is 110 Å². The summed E-state index contributed by atoms with van der Waals surface area (Å²) < 4.78 is 29.1. The molecule has 4 atom stereocenters. The molecule has 6 aromatic rings. The number of rotatable bonds is 7. The number of hydrogen-bond donors (Lipinski definition) is 12. The molecule has 64 heavy (non-hydrogen) atoms. The number of phenols is 11. The van der Waals surface area contributed by atoms with Gasteiger partial charge in [0.15, 0.2) is 58.2 Å². The Morgan fingerprint density at radius 3 is 1.56 bits per heavy atom. The van der Waals surface area contributed by atoms with Crippen molar-refractivity contribution < 1.29 is 94.6 Å². The third-order valence-electron chi connectivity index (χ3n) is 10.7. The Hall–Kier alpha value is -8.81. The number of hydrogen-bond acceptors (Lipinski definition) is 20. The number of aromatic hydroxyl groups is 12. The summed E-state index contributed by atoms with van der Waals surface area (Å²) in [5, 5.41) is 125. The SMILES string of the molecule is COc1cc(C(=O)O[C@@H]2Cc3c(O)cc(O)cc3O[C@@H]2c2cc(O)c(=O)c3c(O)c(O)cc([C@H]4Oc5cc(O)cc(O)c5C[C@H]4OC(=O)c4cc(O)c(O)c(O)c4)c3c2)cc(O)c1O. The van der Waals surface area contributed by atoms with Gasteiger partial charge in [-0.1, -0.05) is 0 Å². The molecule has 20 heteroatoms. The smallest absolute Gasteiger partial charge is 0.338 e. The minimum Gasteiger partial charge on any atom is -0.508 e. The van der Waals surface area contributed by atoms with E-state index in [0.29, 0.717) is 0 Å². The molecule has 20 nitrogen and oxygen atoms in total. The summed E-state index contributed by atoms with van der Waals surface area (Å²) in [6, 6.07) is 10.7. The van der Waals surface area contributed by atoms with Crippen LogP contribution < -0.4 is 19.6 Å². The molecular weight excluding hydrogens is 848 g/mol. The van der Waals surface area contributed by atoms with E-state index in [1.54, 1.807) is 0 Å². The lowest BCUT2D eigenvalue weighted by Crippen LogP contribution is -2.35. The van der Waals surface area contributed by atoms with Crippen LogP contribution in [0.1, 0.15) is 55.2 Å². The van der Waals surface area contributed by atoms with E-state index in [9.17, 15) is 75.7 Å². The molecule has 0 saturated carbocycles. The average molecular weight is 883 g/mol. The van der Waals surface area contributed by atoms with E-state index in [2.05, 4.69) is 0 Å². The van der Waals surface area contributed by atoms with E-state index in [1.165, 1.54) is 6.07 Å². The number of methoxy groups -OCH3 is 1. The molecule has 0 aromatic heterocycles. The fourth-order valence-electron chi connectivity index (χ4n) is 7.69. The van der Waals surface area contributed by atoms with Crippen molar-refractivity contribution in [2.24, 2.45) is 0 Å². The van der Waals surface area contributed by atoms with Crippen LogP contribution >= 0.6 is 0 Å². The maximum Gasteiger partial charge on any atom is 0.338 e. The molecule has 0 unspecified atom stereocenters. The standard InChI is InChI=1S/C44H34O20/c1-60-33-7-17(6-28(51)38(33)55)44(59)63-34-13-22-24(47)8-18(45)10-31(22)61-41(34)15-2-20-21(12-30(53)40(57)36(20)39(56)29(52)3-15)42-35(14-23-25(48)9-19(46)11-32(23)62-42)64-43(58)16-4-26(49)37(54)27(50)5-16/h2-12,34-35,41-42,45-51,53-55,57H,13-14H2,1H3,(H,52,56)/t34-,35-,41-,42-/m1/s1. The van der Waals surface area contributed by atoms with Gasteiger partial charge in [0.25, 0.3) is 0 Å². The van der Waals surface area contributed by atoms with Crippen molar-refractivity contribution in [1.29, 1.82) is 0 Å². The van der Waals surface area contributed by atoms with Crippen molar-refractivity contribution in [2.45, 2.75) is 37.3 Å². The van der Waals surface area contributed by atoms with Gasteiger partial charge in [-0.3, -0.25) is 4.79 Å². The number of fused-ring (bicyclic) bond motifs is 3. The van der Waals surface area contributed by atoms with Crippen LogP contribution in [0.4, 0.5) is 0 Å². The van der Waals surface area contributed by atoms with Gasteiger partial charge in [-0.25, -0.2) is 9.59 Å². The van der Waals surface area contributed by atoms with Gasteiger partial charge in [0, 0.05) is 59.4 Å². The van der Waals surface area contributed by atoms with Gasteiger partial charge >= 0.3 is 11.9 Å². The van der Waals surface area contributed by atoms with Gasteiger partial charge < -0.3 is 85.0 Å². The molecule has 2 heterocycles. The number of benzene rings is 5. The summed E-state index contributed by atoms with van der Waals surface area (Å²) in [6.45, 7) is 0. The molecule has 0 bridgehead atoms. The second kappa shape index (κ2) is 15.6. The van der Waals surface area contributed by atoms with E-state index in [0.717, 1.165) is 67.8 Å². The minimum absolute atomic E-state index is 0.00830. The second-order valence-corrected chi connectivity index (χ2v) is 14.8. The van der Waals surface area contributed by atoms with Crippen LogP contribution in [0.15, 0.2) is 71.5 Å². The van der Waals surface area contributed by atoms with Crippen LogP contribution in [0.5, 0.6) is 86.2 Å². The molecular formula is C44H34O20. The van der Waals surface area contributed by atoms with Crippen molar-refractivity contribution >= 4 is 22.7 Å². The topological polar surface area (TPSA) is 340 Å². The Morgan fingerprint density at radius 1 is 0.531 bits per heavy atom. The summed E-state index contributed by atoms with van der Waals surface area (Å²) >= 11 is 0. The Balaban J connectivity index is 1.31. The van der Waals surface area contributed by atoms with Crippen molar-refractivity contribution in [3.8, 4) is 86.2 Å². The maximum atomic E-state index is 14.0. The summed E-state index contributed by atoms with van der Waals surface area (Å²) in [4.78, 5) is 41.3. The third kappa shape index (κ3) is 7.27. The van der Waals surface area contributed by atoms with Crippen LogP contribution in [0, 0.1) is 0 Å². The minimum atomic E-state index is -1.64. The summed E-state index contributed by atoms with van der Waals surface area (Å²) in [5.41, 5.74) is -2.46. The highest BCUT2D eigenvalue weighted by Crippen LogP contribution is 2.49. The highest BCUT2D eigenvalue weighted by Gasteiger charge is 2.41. The first-order valence-electron chi connectivity index (χ1n) is 18.8. The maximum absolute atomic E-state index is 14.0. The van der Waals surface area contributed by atoms with Crippen LogP contribution in [0.3, 0.4) is 0 Å².